The van der Waals surface area contributed by atoms with Gasteiger partial charge >= 0.3 is 5.97 Å². The second-order valence-corrected chi connectivity index (χ2v) is 2.48. The molecular formula is C8H13ClO4. The Balaban J connectivity index is 4.20. The summed E-state index contributed by atoms with van der Waals surface area (Å²) < 4.78 is 14.3. The van der Waals surface area contributed by atoms with Gasteiger partial charge in [-0.25, -0.2) is 4.79 Å². The maximum atomic E-state index is 11.0. The maximum absolute atomic E-state index is 11.0. The van der Waals surface area contributed by atoms with Crippen LogP contribution in [0.15, 0.2) is 11.1 Å². The minimum Gasteiger partial charge on any atom is -0.462 e. The number of carbonyl (C=O) groups excluding carboxylic acids is 1. The van der Waals surface area contributed by atoms with E-state index in [-0.39, 0.29) is 11.6 Å². The molecular weight excluding hydrogens is 196 g/mol. The summed E-state index contributed by atoms with van der Waals surface area (Å²) in [5, 5.41) is -0.0458. The number of ether oxygens (including phenoxy) is 3. The molecule has 5 heteroatoms. The third-order valence-electron chi connectivity index (χ3n) is 1.22. The van der Waals surface area contributed by atoms with Crippen molar-refractivity contribution in [3.63, 3.8) is 0 Å². The standard InChI is InChI=1S/C8H13ClO4/c1-4-13-8(10)6(9)5-7(11-2)12-3/h5,7H,4H2,1-3H3/b6-5-. The number of esters is 1. The zero-order valence-corrected chi connectivity index (χ0v) is 8.63. The first-order valence-electron chi connectivity index (χ1n) is 3.75. The summed E-state index contributed by atoms with van der Waals surface area (Å²) in [6, 6.07) is 0. The molecule has 0 atom stereocenters. The number of halogens is 1. The Morgan fingerprint density at radius 1 is 1.46 bits per heavy atom. The van der Waals surface area contributed by atoms with Gasteiger partial charge in [-0.1, -0.05) is 11.6 Å². The number of hydrogen-bond donors (Lipinski definition) is 0. The van der Waals surface area contributed by atoms with Gasteiger partial charge in [0.25, 0.3) is 0 Å². The lowest BCUT2D eigenvalue weighted by Crippen LogP contribution is -2.12. The van der Waals surface area contributed by atoms with Gasteiger partial charge in [-0.05, 0) is 13.0 Å². The molecule has 4 nitrogen and oxygen atoms in total. The van der Waals surface area contributed by atoms with Gasteiger partial charge in [0, 0.05) is 14.2 Å². The van der Waals surface area contributed by atoms with Crippen molar-refractivity contribution >= 4 is 17.6 Å². The highest BCUT2D eigenvalue weighted by atomic mass is 35.5. The van der Waals surface area contributed by atoms with Crippen LogP contribution in [0.1, 0.15) is 6.92 Å². The Labute approximate surface area is 82.4 Å². The summed E-state index contributed by atoms with van der Waals surface area (Å²) in [5.41, 5.74) is 0. The Kier molecular flexibility index (Phi) is 6.58. The van der Waals surface area contributed by atoms with E-state index in [2.05, 4.69) is 4.74 Å². The lowest BCUT2D eigenvalue weighted by molar-refractivity contribution is -0.138. The lowest BCUT2D eigenvalue weighted by Gasteiger charge is -2.08. The molecule has 0 aromatic carbocycles. The Bertz CT molecular complexity index is 187. The van der Waals surface area contributed by atoms with Crippen molar-refractivity contribution in [1.29, 1.82) is 0 Å². The summed E-state index contributed by atoms with van der Waals surface area (Å²) in [6.07, 6.45) is 0.705. The molecule has 13 heavy (non-hydrogen) atoms. The summed E-state index contributed by atoms with van der Waals surface area (Å²) in [5.74, 6) is -0.580. The quantitative estimate of drug-likeness (QED) is 0.388. The van der Waals surface area contributed by atoms with E-state index in [0.717, 1.165) is 0 Å². The molecule has 0 aliphatic rings. The van der Waals surface area contributed by atoms with Crippen LogP contribution in [-0.2, 0) is 19.0 Å². The van der Waals surface area contributed by atoms with Gasteiger partial charge in [0.15, 0.2) is 6.29 Å². The van der Waals surface area contributed by atoms with Gasteiger partial charge in [-0.2, -0.15) is 0 Å². The van der Waals surface area contributed by atoms with Gasteiger partial charge in [-0.3, -0.25) is 0 Å². The summed E-state index contributed by atoms with van der Waals surface area (Å²) in [7, 11) is 2.89. The summed E-state index contributed by atoms with van der Waals surface area (Å²) in [6.45, 7) is 1.99. The topological polar surface area (TPSA) is 44.8 Å². The number of carbonyl (C=O) groups is 1. The zero-order valence-electron chi connectivity index (χ0n) is 7.87. The third kappa shape index (κ3) is 4.87. The molecule has 0 saturated carbocycles. The normalized spacial score (nSPS) is 11.9. The molecule has 0 amide bonds. The van der Waals surface area contributed by atoms with E-state index in [1.54, 1.807) is 6.92 Å². The van der Waals surface area contributed by atoms with E-state index in [9.17, 15) is 4.79 Å². The van der Waals surface area contributed by atoms with Crippen molar-refractivity contribution in [2.24, 2.45) is 0 Å². The molecule has 0 aliphatic heterocycles. The van der Waals surface area contributed by atoms with E-state index in [0.29, 0.717) is 0 Å². The van der Waals surface area contributed by atoms with Crippen molar-refractivity contribution < 1.29 is 19.0 Å². The fourth-order valence-electron chi connectivity index (χ4n) is 0.620. The van der Waals surface area contributed by atoms with E-state index < -0.39 is 12.3 Å². The zero-order chi connectivity index (χ0) is 10.3. The van der Waals surface area contributed by atoms with Gasteiger partial charge in [-0.15, -0.1) is 0 Å². The van der Waals surface area contributed by atoms with Crippen LogP contribution < -0.4 is 0 Å². The molecule has 0 saturated heterocycles. The smallest absolute Gasteiger partial charge is 0.349 e. The first-order valence-corrected chi connectivity index (χ1v) is 4.13. The Morgan fingerprint density at radius 3 is 2.38 bits per heavy atom. The highest BCUT2D eigenvalue weighted by Gasteiger charge is 2.10. The average Bonchev–Trinajstić information content (AvgIpc) is 2.14. The molecule has 0 radical (unpaired) electrons. The molecule has 0 aromatic rings. The molecule has 0 fully saturated rings. The number of methoxy groups -OCH3 is 2. The van der Waals surface area contributed by atoms with Crippen LogP contribution in [-0.4, -0.2) is 33.1 Å². The van der Waals surface area contributed by atoms with Crippen LogP contribution in [0, 0.1) is 0 Å². The molecule has 0 bridgehead atoms. The van der Waals surface area contributed by atoms with Crippen molar-refractivity contribution in [3.8, 4) is 0 Å². The minimum atomic E-state index is -0.628. The van der Waals surface area contributed by atoms with Gasteiger partial charge < -0.3 is 14.2 Å². The number of rotatable bonds is 5. The van der Waals surface area contributed by atoms with Crippen LogP contribution in [0.2, 0.25) is 0 Å². The molecule has 76 valence electrons. The van der Waals surface area contributed by atoms with Gasteiger partial charge in [0.1, 0.15) is 5.03 Å². The van der Waals surface area contributed by atoms with Crippen LogP contribution in [0.3, 0.4) is 0 Å². The second-order valence-electron chi connectivity index (χ2n) is 2.07. The lowest BCUT2D eigenvalue weighted by atomic mass is 10.5. The van der Waals surface area contributed by atoms with Crippen molar-refractivity contribution in [1.82, 2.24) is 0 Å². The van der Waals surface area contributed by atoms with E-state index in [1.165, 1.54) is 20.3 Å². The maximum Gasteiger partial charge on any atom is 0.349 e. The Morgan fingerprint density at radius 2 is 2.00 bits per heavy atom. The molecule has 0 unspecified atom stereocenters. The van der Waals surface area contributed by atoms with E-state index in [1.807, 2.05) is 0 Å². The second kappa shape index (κ2) is 6.88. The van der Waals surface area contributed by atoms with E-state index >= 15 is 0 Å². The average molecular weight is 209 g/mol. The van der Waals surface area contributed by atoms with Crippen LogP contribution in [0.4, 0.5) is 0 Å². The SMILES string of the molecule is CCOC(=O)/C(Cl)=C/C(OC)OC. The highest BCUT2D eigenvalue weighted by Crippen LogP contribution is 2.07. The molecule has 0 heterocycles. The van der Waals surface area contributed by atoms with Crippen LogP contribution in [0.25, 0.3) is 0 Å². The molecule has 0 spiro atoms. The third-order valence-corrected chi connectivity index (χ3v) is 1.50. The highest BCUT2D eigenvalue weighted by molar-refractivity contribution is 6.41. The van der Waals surface area contributed by atoms with Crippen LogP contribution >= 0.6 is 11.6 Å². The van der Waals surface area contributed by atoms with Gasteiger partial charge in [0.05, 0.1) is 6.61 Å². The summed E-state index contributed by atoms with van der Waals surface area (Å²) >= 11 is 5.59. The molecule has 0 aliphatic carbocycles. The number of hydrogen-bond acceptors (Lipinski definition) is 4. The van der Waals surface area contributed by atoms with Crippen molar-refractivity contribution in [2.75, 3.05) is 20.8 Å². The largest absolute Gasteiger partial charge is 0.462 e. The van der Waals surface area contributed by atoms with Crippen molar-refractivity contribution in [2.45, 2.75) is 13.2 Å². The fourth-order valence-corrected chi connectivity index (χ4v) is 0.777. The van der Waals surface area contributed by atoms with Crippen molar-refractivity contribution in [3.05, 3.63) is 11.1 Å². The Hall–Kier alpha value is -0.580. The monoisotopic (exact) mass is 208 g/mol. The predicted octanol–water partition coefficient (Wildman–Crippen LogP) is 1.29. The van der Waals surface area contributed by atoms with Crippen LogP contribution in [0.5, 0.6) is 0 Å². The predicted molar refractivity (Wildman–Crippen MR) is 48.4 cm³/mol. The van der Waals surface area contributed by atoms with E-state index in [4.69, 9.17) is 21.1 Å². The van der Waals surface area contributed by atoms with Gasteiger partial charge in [0.2, 0.25) is 0 Å². The summed E-state index contributed by atoms with van der Waals surface area (Å²) in [4.78, 5) is 11.0. The fraction of sp³-hybridized carbons (Fsp3) is 0.625. The molecule has 0 aromatic heterocycles. The molecule has 0 N–H and O–H groups in total. The first kappa shape index (κ1) is 12.4. The minimum absolute atomic E-state index is 0.0458. The molecule has 0 rings (SSSR count). The first-order chi connectivity index (χ1) is 6.15.